The van der Waals surface area contributed by atoms with Crippen LogP contribution in [0.15, 0.2) is 6.07 Å². The minimum Gasteiger partial charge on any atom is -0.335 e. The summed E-state index contributed by atoms with van der Waals surface area (Å²) in [7, 11) is 1.72. The first-order valence-electron chi connectivity index (χ1n) is 7.77. The number of nitrogens with zero attached hydrogens (tertiary/aromatic N) is 4. The van der Waals surface area contributed by atoms with E-state index in [2.05, 4.69) is 18.9 Å². The van der Waals surface area contributed by atoms with Crippen molar-refractivity contribution in [2.24, 2.45) is 13.0 Å². The van der Waals surface area contributed by atoms with Crippen molar-refractivity contribution in [1.29, 1.82) is 0 Å². The molecule has 130 valence electrons. The highest BCUT2D eigenvalue weighted by molar-refractivity contribution is 5.92. The molecule has 2 heterocycles. The average Bonchev–Trinajstić information content (AvgIpc) is 2.77. The third kappa shape index (κ3) is 4.95. The average molecular weight is 332 g/mol. The highest BCUT2D eigenvalue weighted by Gasteiger charge is 2.33. The lowest BCUT2D eigenvalue weighted by Gasteiger charge is -2.34. The molecule has 1 aromatic rings. The third-order valence-corrected chi connectivity index (χ3v) is 3.83. The van der Waals surface area contributed by atoms with Crippen LogP contribution in [-0.4, -0.2) is 64.4 Å². The first-order valence-corrected chi connectivity index (χ1v) is 7.77. The second-order valence-corrected chi connectivity index (χ2v) is 6.43. The Kier molecular flexibility index (Phi) is 5.33. The number of halogens is 3. The van der Waals surface area contributed by atoms with Gasteiger partial charge in [0.15, 0.2) is 0 Å². The van der Waals surface area contributed by atoms with Crippen molar-refractivity contribution in [3.05, 3.63) is 17.5 Å². The molecule has 1 aliphatic heterocycles. The molecule has 2 rings (SSSR count). The number of hydrogen-bond donors (Lipinski definition) is 0. The predicted octanol–water partition coefficient (Wildman–Crippen LogP) is 1.94. The Morgan fingerprint density at radius 3 is 2.39 bits per heavy atom. The van der Waals surface area contributed by atoms with Gasteiger partial charge in [-0.1, -0.05) is 13.8 Å². The minimum absolute atomic E-state index is 0.165. The zero-order valence-corrected chi connectivity index (χ0v) is 13.7. The second-order valence-electron chi connectivity index (χ2n) is 6.43. The fourth-order valence-electron chi connectivity index (χ4n) is 2.77. The molecule has 0 aliphatic carbocycles. The Hall–Kier alpha value is -1.57. The zero-order valence-electron chi connectivity index (χ0n) is 13.7. The number of piperazine rings is 1. The van der Waals surface area contributed by atoms with Crippen LogP contribution >= 0.6 is 0 Å². The summed E-state index contributed by atoms with van der Waals surface area (Å²) in [5, 5.41) is 4.34. The van der Waals surface area contributed by atoms with Crippen LogP contribution < -0.4 is 0 Å². The second kappa shape index (κ2) is 6.90. The van der Waals surface area contributed by atoms with Crippen molar-refractivity contribution < 1.29 is 18.0 Å². The number of carbonyl (C=O) groups is 1. The Bertz CT molecular complexity index is 545. The number of rotatable bonds is 4. The third-order valence-electron chi connectivity index (χ3n) is 3.83. The molecule has 1 fully saturated rings. The lowest BCUT2D eigenvalue weighted by atomic mass is 10.1. The lowest BCUT2D eigenvalue weighted by molar-refractivity contribution is -0.148. The van der Waals surface area contributed by atoms with Crippen molar-refractivity contribution in [1.82, 2.24) is 19.6 Å². The van der Waals surface area contributed by atoms with Gasteiger partial charge in [-0.05, 0) is 18.4 Å². The first-order chi connectivity index (χ1) is 10.7. The number of amides is 1. The normalized spacial score (nSPS) is 17.1. The van der Waals surface area contributed by atoms with E-state index in [1.807, 2.05) is 0 Å². The van der Waals surface area contributed by atoms with Crippen molar-refractivity contribution in [2.75, 3.05) is 32.7 Å². The maximum absolute atomic E-state index is 12.5. The summed E-state index contributed by atoms with van der Waals surface area (Å²) in [6.07, 6.45) is -3.40. The zero-order chi connectivity index (χ0) is 17.2. The van der Waals surface area contributed by atoms with Crippen LogP contribution in [0.25, 0.3) is 0 Å². The Balaban J connectivity index is 1.96. The molecule has 1 aromatic heterocycles. The molecule has 1 saturated heterocycles. The number of aryl methyl sites for hydroxylation is 1. The van der Waals surface area contributed by atoms with Gasteiger partial charge in [-0.15, -0.1) is 0 Å². The van der Waals surface area contributed by atoms with Gasteiger partial charge in [0.2, 0.25) is 0 Å². The van der Waals surface area contributed by atoms with Gasteiger partial charge in [0.25, 0.3) is 5.91 Å². The number of alkyl halides is 3. The van der Waals surface area contributed by atoms with Crippen molar-refractivity contribution in [3.8, 4) is 0 Å². The molecular formula is C15H23F3N4O. The molecule has 0 aromatic carbocycles. The molecule has 0 N–H and O–H groups in total. The quantitative estimate of drug-likeness (QED) is 0.846. The van der Waals surface area contributed by atoms with Crippen LogP contribution in [0.3, 0.4) is 0 Å². The molecule has 0 saturated carbocycles. The summed E-state index contributed by atoms with van der Waals surface area (Å²) >= 11 is 0. The molecule has 0 unspecified atom stereocenters. The highest BCUT2D eigenvalue weighted by Crippen LogP contribution is 2.18. The Morgan fingerprint density at radius 2 is 1.87 bits per heavy atom. The molecule has 8 heteroatoms. The summed E-state index contributed by atoms with van der Waals surface area (Å²) in [5.41, 5.74) is 1.35. The molecule has 0 atom stereocenters. The van der Waals surface area contributed by atoms with E-state index < -0.39 is 12.7 Å². The maximum atomic E-state index is 12.5. The summed E-state index contributed by atoms with van der Waals surface area (Å²) in [5.74, 6) is 0.278. The monoisotopic (exact) mass is 332 g/mol. The van der Waals surface area contributed by atoms with Crippen molar-refractivity contribution in [2.45, 2.75) is 26.4 Å². The number of hydrogen-bond acceptors (Lipinski definition) is 3. The SMILES string of the molecule is CC(C)Cc1cc(C(=O)N2CCN(CC(F)(F)F)CC2)n(C)n1. The van der Waals surface area contributed by atoms with E-state index in [4.69, 9.17) is 0 Å². The summed E-state index contributed by atoms with van der Waals surface area (Å²) in [4.78, 5) is 15.5. The highest BCUT2D eigenvalue weighted by atomic mass is 19.4. The van der Waals surface area contributed by atoms with Gasteiger partial charge >= 0.3 is 6.18 Å². The number of carbonyl (C=O) groups excluding carboxylic acids is 1. The van der Waals surface area contributed by atoms with Crippen LogP contribution in [0.2, 0.25) is 0 Å². The first kappa shape index (κ1) is 17.8. The van der Waals surface area contributed by atoms with Crippen LogP contribution in [0.5, 0.6) is 0 Å². The van der Waals surface area contributed by atoms with Crippen LogP contribution in [0.4, 0.5) is 13.2 Å². The van der Waals surface area contributed by atoms with E-state index >= 15 is 0 Å². The van der Waals surface area contributed by atoms with Crippen LogP contribution in [0, 0.1) is 5.92 Å². The van der Waals surface area contributed by atoms with Gasteiger partial charge in [-0.3, -0.25) is 14.4 Å². The van der Waals surface area contributed by atoms with E-state index in [1.54, 1.807) is 22.7 Å². The molecule has 5 nitrogen and oxygen atoms in total. The topological polar surface area (TPSA) is 41.4 Å². The van der Waals surface area contributed by atoms with Gasteiger partial charge in [0.1, 0.15) is 5.69 Å². The molecular weight excluding hydrogens is 309 g/mol. The Morgan fingerprint density at radius 1 is 1.26 bits per heavy atom. The Labute approximate surface area is 134 Å². The van der Waals surface area contributed by atoms with E-state index in [0.717, 1.165) is 12.1 Å². The summed E-state index contributed by atoms with van der Waals surface area (Å²) in [6.45, 7) is 4.33. The van der Waals surface area contributed by atoms with Gasteiger partial charge in [0, 0.05) is 33.2 Å². The maximum Gasteiger partial charge on any atom is 0.401 e. The van der Waals surface area contributed by atoms with Crippen molar-refractivity contribution >= 4 is 5.91 Å². The number of aromatic nitrogens is 2. The van der Waals surface area contributed by atoms with Gasteiger partial charge < -0.3 is 4.90 Å². The van der Waals surface area contributed by atoms with E-state index in [0.29, 0.717) is 24.7 Å². The van der Waals surface area contributed by atoms with E-state index in [1.165, 1.54) is 4.90 Å². The minimum atomic E-state index is -4.19. The van der Waals surface area contributed by atoms with Gasteiger partial charge in [-0.25, -0.2) is 0 Å². The molecule has 1 amide bonds. The van der Waals surface area contributed by atoms with Crippen molar-refractivity contribution in [3.63, 3.8) is 0 Å². The van der Waals surface area contributed by atoms with E-state index in [9.17, 15) is 18.0 Å². The molecule has 0 radical (unpaired) electrons. The van der Waals surface area contributed by atoms with E-state index in [-0.39, 0.29) is 19.0 Å². The summed E-state index contributed by atoms with van der Waals surface area (Å²) in [6, 6.07) is 1.78. The largest absolute Gasteiger partial charge is 0.401 e. The fourth-order valence-corrected chi connectivity index (χ4v) is 2.77. The fraction of sp³-hybridized carbons (Fsp3) is 0.733. The molecule has 0 bridgehead atoms. The molecule has 1 aliphatic rings. The lowest BCUT2D eigenvalue weighted by Crippen LogP contribution is -2.51. The van der Waals surface area contributed by atoms with Gasteiger partial charge in [0.05, 0.1) is 12.2 Å². The predicted molar refractivity (Wildman–Crippen MR) is 80.1 cm³/mol. The molecule has 0 spiro atoms. The van der Waals surface area contributed by atoms with Crippen LogP contribution in [-0.2, 0) is 13.5 Å². The summed E-state index contributed by atoms with van der Waals surface area (Å²) < 4.78 is 38.7. The van der Waals surface area contributed by atoms with Gasteiger partial charge in [-0.2, -0.15) is 18.3 Å². The smallest absolute Gasteiger partial charge is 0.335 e. The molecule has 23 heavy (non-hydrogen) atoms. The van der Waals surface area contributed by atoms with Crippen LogP contribution in [0.1, 0.15) is 30.0 Å². The standard InChI is InChI=1S/C15H23F3N4O/c1-11(2)8-12-9-13(20(3)19-12)14(23)22-6-4-21(5-7-22)10-15(16,17)18/h9,11H,4-8,10H2,1-3H3.